The normalized spacial score (nSPS) is 13.8. The molecule has 0 unspecified atom stereocenters. The van der Waals surface area contributed by atoms with Crippen LogP contribution < -0.4 is 5.32 Å². The summed E-state index contributed by atoms with van der Waals surface area (Å²) in [6.45, 7) is 8.73. The second-order valence-corrected chi connectivity index (χ2v) is 4.49. The minimum Gasteiger partial charge on any atom is -0.393 e. The SMILES string of the molecule is CN/C=C(/C)N=CCCC(C)(C)C. The predicted octanol–water partition coefficient (Wildman–Crippen LogP) is 2.96. The van der Waals surface area contributed by atoms with Crippen LogP contribution in [0.2, 0.25) is 0 Å². The fraction of sp³-hybridized carbons (Fsp3) is 0.727. The topological polar surface area (TPSA) is 24.4 Å². The molecule has 0 aliphatic rings. The first-order valence-corrected chi connectivity index (χ1v) is 4.82. The molecule has 1 N–H and O–H groups in total. The first-order chi connectivity index (χ1) is 5.95. The van der Waals surface area contributed by atoms with Gasteiger partial charge in [-0.25, -0.2) is 0 Å². The van der Waals surface area contributed by atoms with Crippen LogP contribution in [0.1, 0.15) is 40.5 Å². The third-order valence-corrected chi connectivity index (χ3v) is 1.67. The number of nitrogens with zero attached hydrogens (tertiary/aromatic N) is 1. The van der Waals surface area contributed by atoms with Crippen LogP contribution in [-0.2, 0) is 0 Å². The molecule has 0 radical (unpaired) electrons. The summed E-state index contributed by atoms with van der Waals surface area (Å²) in [7, 11) is 1.88. The van der Waals surface area contributed by atoms with Gasteiger partial charge in [0.1, 0.15) is 0 Å². The van der Waals surface area contributed by atoms with Crippen LogP contribution in [-0.4, -0.2) is 13.3 Å². The number of allylic oxidation sites excluding steroid dienone is 1. The zero-order valence-electron chi connectivity index (χ0n) is 9.52. The highest BCUT2D eigenvalue weighted by molar-refractivity contribution is 5.58. The molecule has 0 bridgehead atoms. The van der Waals surface area contributed by atoms with Crippen LogP contribution in [0.15, 0.2) is 16.9 Å². The van der Waals surface area contributed by atoms with E-state index in [0.717, 1.165) is 12.1 Å². The monoisotopic (exact) mass is 182 g/mol. The Morgan fingerprint density at radius 1 is 1.38 bits per heavy atom. The molecule has 2 nitrogen and oxygen atoms in total. The van der Waals surface area contributed by atoms with E-state index < -0.39 is 0 Å². The summed E-state index contributed by atoms with van der Waals surface area (Å²) in [5.74, 6) is 0. The Labute approximate surface area is 82.1 Å². The van der Waals surface area contributed by atoms with E-state index in [4.69, 9.17) is 0 Å². The maximum Gasteiger partial charge on any atom is 0.0524 e. The Kier molecular flexibility index (Phi) is 5.44. The molecule has 0 spiro atoms. The molecule has 0 fully saturated rings. The van der Waals surface area contributed by atoms with Crippen LogP contribution in [0.3, 0.4) is 0 Å². The molecule has 13 heavy (non-hydrogen) atoms. The van der Waals surface area contributed by atoms with Crippen molar-refractivity contribution in [3.05, 3.63) is 11.9 Å². The molecule has 0 saturated heterocycles. The van der Waals surface area contributed by atoms with Crippen molar-refractivity contribution in [2.45, 2.75) is 40.5 Å². The molecule has 0 aliphatic heterocycles. The number of aliphatic imine (C=N–C) groups is 1. The molecule has 0 aromatic carbocycles. The van der Waals surface area contributed by atoms with Crippen LogP contribution in [0, 0.1) is 5.41 Å². The van der Waals surface area contributed by atoms with E-state index in [2.05, 4.69) is 31.1 Å². The van der Waals surface area contributed by atoms with Crippen molar-refractivity contribution in [2.24, 2.45) is 10.4 Å². The summed E-state index contributed by atoms with van der Waals surface area (Å²) >= 11 is 0. The number of rotatable bonds is 4. The van der Waals surface area contributed by atoms with Crippen molar-refractivity contribution in [1.82, 2.24) is 5.32 Å². The summed E-state index contributed by atoms with van der Waals surface area (Å²) in [5.41, 5.74) is 1.43. The Bertz CT molecular complexity index is 185. The summed E-state index contributed by atoms with van der Waals surface area (Å²) in [6.07, 6.45) is 6.13. The summed E-state index contributed by atoms with van der Waals surface area (Å²) in [4.78, 5) is 4.29. The molecule has 0 aliphatic carbocycles. The molecule has 0 amide bonds. The number of nitrogens with one attached hydrogen (secondary N) is 1. The van der Waals surface area contributed by atoms with Gasteiger partial charge in [-0.1, -0.05) is 20.8 Å². The van der Waals surface area contributed by atoms with Gasteiger partial charge in [0.05, 0.1) is 5.70 Å². The highest BCUT2D eigenvalue weighted by atomic mass is 14.8. The molecule has 0 aromatic heterocycles. The molecule has 0 aromatic rings. The van der Waals surface area contributed by atoms with E-state index in [0.29, 0.717) is 5.41 Å². The molecular formula is C11H22N2. The van der Waals surface area contributed by atoms with Crippen molar-refractivity contribution in [3.63, 3.8) is 0 Å². The van der Waals surface area contributed by atoms with Crippen LogP contribution in [0.5, 0.6) is 0 Å². The fourth-order valence-corrected chi connectivity index (χ4v) is 0.952. The molecule has 0 saturated carbocycles. The first-order valence-electron chi connectivity index (χ1n) is 4.82. The van der Waals surface area contributed by atoms with Crippen LogP contribution in [0.25, 0.3) is 0 Å². The van der Waals surface area contributed by atoms with E-state index in [-0.39, 0.29) is 0 Å². The standard InChI is InChI=1S/C11H22N2/c1-10(9-12-5)13-8-6-7-11(2,3)4/h8-9,12H,6-7H2,1-5H3/b10-9-,13-8?. The van der Waals surface area contributed by atoms with Gasteiger partial charge in [-0.05, 0) is 25.2 Å². The lowest BCUT2D eigenvalue weighted by Gasteiger charge is -2.15. The Morgan fingerprint density at radius 3 is 2.46 bits per heavy atom. The molecule has 2 heteroatoms. The fourth-order valence-electron chi connectivity index (χ4n) is 0.952. The second kappa shape index (κ2) is 5.79. The largest absolute Gasteiger partial charge is 0.393 e. The van der Waals surface area contributed by atoms with E-state index in [1.807, 2.05) is 26.4 Å². The highest BCUT2D eigenvalue weighted by Crippen LogP contribution is 2.19. The highest BCUT2D eigenvalue weighted by Gasteiger charge is 2.07. The van der Waals surface area contributed by atoms with Gasteiger partial charge in [-0.3, -0.25) is 4.99 Å². The molecule has 0 heterocycles. The quantitative estimate of drug-likeness (QED) is 0.664. The van der Waals surface area contributed by atoms with E-state index in [9.17, 15) is 0 Å². The molecule has 0 rings (SSSR count). The minimum atomic E-state index is 0.409. The van der Waals surface area contributed by atoms with Gasteiger partial charge in [0.2, 0.25) is 0 Å². The second-order valence-electron chi connectivity index (χ2n) is 4.49. The predicted molar refractivity (Wildman–Crippen MR) is 60.0 cm³/mol. The van der Waals surface area contributed by atoms with Gasteiger partial charge in [0, 0.05) is 19.5 Å². The van der Waals surface area contributed by atoms with Crippen molar-refractivity contribution in [2.75, 3.05) is 7.05 Å². The summed E-state index contributed by atoms with van der Waals surface area (Å²) < 4.78 is 0. The minimum absolute atomic E-state index is 0.409. The third kappa shape index (κ3) is 9.12. The zero-order valence-corrected chi connectivity index (χ0v) is 9.52. The van der Waals surface area contributed by atoms with Gasteiger partial charge >= 0.3 is 0 Å². The van der Waals surface area contributed by atoms with E-state index >= 15 is 0 Å². The van der Waals surface area contributed by atoms with Gasteiger partial charge < -0.3 is 5.32 Å². The Balaban J connectivity index is 3.70. The maximum atomic E-state index is 4.29. The molecule has 0 atom stereocenters. The Morgan fingerprint density at radius 2 is 2.00 bits per heavy atom. The van der Waals surface area contributed by atoms with Gasteiger partial charge in [-0.2, -0.15) is 0 Å². The lowest BCUT2D eigenvalue weighted by Crippen LogP contribution is -2.04. The van der Waals surface area contributed by atoms with Crippen molar-refractivity contribution in [3.8, 4) is 0 Å². The molecule has 76 valence electrons. The maximum absolute atomic E-state index is 4.29. The lowest BCUT2D eigenvalue weighted by atomic mass is 9.91. The average Bonchev–Trinajstić information content (AvgIpc) is 1.97. The van der Waals surface area contributed by atoms with Gasteiger partial charge in [0.25, 0.3) is 0 Å². The number of hydrogen-bond acceptors (Lipinski definition) is 2. The van der Waals surface area contributed by atoms with Crippen molar-refractivity contribution >= 4 is 6.21 Å². The van der Waals surface area contributed by atoms with Gasteiger partial charge in [-0.15, -0.1) is 0 Å². The van der Waals surface area contributed by atoms with Crippen molar-refractivity contribution < 1.29 is 0 Å². The van der Waals surface area contributed by atoms with Crippen LogP contribution >= 0.6 is 0 Å². The first kappa shape index (κ1) is 12.2. The summed E-state index contributed by atoms with van der Waals surface area (Å²) in [5, 5.41) is 2.95. The van der Waals surface area contributed by atoms with Crippen molar-refractivity contribution in [1.29, 1.82) is 0 Å². The van der Waals surface area contributed by atoms with E-state index in [1.165, 1.54) is 6.42 Å². The Hall–Kier alpha value is -0.790. The third-order valence-electron chi connectivity index (χ3n) is 1.67. The van der Waals surface area contributed by atoms with Crippen LogP contribution in [0.4, 0.5) is 0 Å². The zero-order chi connectivity index (χ0) is 10.3. The molecular weight excluding hydrogens is 160 g/mol. The number of hydrogen-bond donors (Lipinski definition) is 1. The lowest BCUT2D eigenvalue weighted by molar-refractivity contribution is 0.387. The smallest absolute Gasteiger partial charge is 0.0524 e. The average molecular weight is 182 g/mol. The van der Waals surface area contributed by atoms with Gasteiger partial charge in [0.15, 0.2) is 0 Å². The summed E-state index contributed by atoms with van der Waals surface area (Å²) in [6, 6.07) is 0. The van der Waals surface area contributed by atoms with E-state index in [1.54, 1.807) is 0 Å².